The minimum Gasteiger partial charge on any atom is -0.497 e. The number of thiazole rings is 1. The lowest BCUT2D eigenvalue weighted by atomic mass is 9.86. The molecule has 1 amide bonds. The normalized spacial score (nSPS) is 15.4. The van der Waals surface area contributed by atoms with Crippen molar-refractivity contribution in [3.05, 3.63) is 114 Å². The highest BCUT2D eigenvalue weighted by molar-refractivity contribution is 7.22. The van der Waals surface area contributed by atoms with Gasteiger partial charge >= 0.3 is 6.09 Å². The summed E-state index contributed by atoms with van der Waals surface area (Å²) in [6, 6.07) is 32.8. The molecule has 5 aromatic rings. The van der Waals surface area contributed by atoms with Crippen molar-refractivity contribution in [2.24, 2.45) is 0 Å². The molecule has 0 bridgehead atoms. The first-order valence-corrected chi connectivity index (χ1v) is 16.6. The molecular formula is C37H38N4O3S. The average Bonchev–Trinajstić information content (AvgIpc) is 3.64. The number of piperazine rings is 1. The van der Waals surface area contributed by atoms with Gasteiger partial charge in [-0.05, 0) is 66.8 Å². The van der Waals surface area contributed by atoms with E-state index in [1.807, 2.05) is 36.4 Å². The van der Waals surface area contributed by atoms with Gasteiger partial charge in [-0.15, -0.1) is 0 Å². The predicted molar refractivity (Wildman–Crippen MR) is 181 cm³/mol. The molecule has 0 spiro atoms. The molecule has 8 heteroatoms. The number of fused-ring (bicyclic) bond motifs is 4. The first kappa shape index (κ1) is 29.3. The molecule has 1 N–H and O–H groups in total. The first-order valence-electron chi connectivity index (χ1n) is 15.7. The summed E-state index contributed by atoms with van der Waals surface area (Å²) in [5, 5.41) is 4.12. The van der Waals surface area contributed by atoms with Gasteiger partial charge in [-0.3, -0.25) is 4.90 Å². The second-order valence-electron chi connectivity index (χ2n) is 11.8. The van der Waals surface area contributed by atoms with Crippen molar-refractivity contribution < 1.29 is 14.3 Å². The zero-order valence-corrected chi connectivity index (χ0v) is 26.4. The van der Waals surface area contributed by atoms with Crippen LogP contribution < -0.4 is 15.0 Å². The number of benzene rings is 4. The number of alkyl carbamates (subject to hydrolysis) is 1. The molecule has 7 nitrogen and oxygen atoms in total. The molecule has 230 valence electrons. The number of para-hydroxylation sites is 1. The largest absolute Gasteiger partial charge is 0.497 e. The van der Waals surface area contributed by atoms with E-state index in [0.717, 1.165) is 96.2 Å². The molecule has 1 aliphatic heterocycles. The number of nitrogens with zero attached hydrogens (tertiary/aromatic N) is 3. The van der Waals surface area contributed by atoms with Crippen molar-refractivity contribution >= 4 is 32.8 Å². The predicted octanol–water partition coefficient (Wildman–Crippen LogP) is 7.45. The fourth-order valence-electron chi connectivity index (χ4n) is 6.70. The Morgan fingerprint density at radius 1 is 0.844 bits per heavy atom. The zero-order valence-electron chi connectivity index (χ0n) is 25.6. The van der Waals surface area contributed by atoms with Gasteiger partial charge in [0.1, 0.15) is 5.75 Å². The number of anilines is 1. The number of methoxy groups -OCH3 is 1. The van der Waals surface area contributed by atoms with E-state index in [9.17, 15) is 4.79 Å². The third-order valence-electron chi connectivity index (χ3n) is 9.06. The number of hydrogen-bond acceptors (Lipinski definition) is 7. The van der Waals surface area contributed by atoms with E-state index in [1.165, 1.54) is 4.70 Å². The van der Waals surface area contributed by atoms with Crippen LogP contribution in [0.25, 0.3) is 21.3 Å². The number of nitrogens with one attached hydrogen (secondary N) is 1. The Morgan fingerprint density at radius 3 is 2.20 bits per heavy atom. The van der Waals surface area contributed by atoms with Gasteiger partial charge in [-0.25, -0.2) is 9.78 Å². The van der Waals surface area contributed by atoms with E-state index in [0.29, 0.717) is 6.54 Å². The third kappa shape index (κ3) is 6.00. The summed E-state index contributed by atoms with van der Waals surface area (Å²) >= 11 is 1.78. The number of carbonyl (C=O) groups excluding carboxylic acids is 1. The standard InChI is InChI=1S/C37H38N4O3S/c1-43-28-18-16-27(17-19-28)26-38-36(42)44-37(31-12-4-2-10-29(31)30-11-3-5-13-32(30)37)20-8-9-21-40-22-24-41(25-23-40)35-39-33-14-6-7-15-34(33)45-35/h2-7,10-19H,8-9,20-26H2,1H3,(H,38,42). The molecule has 0 atom stereocenters. The summed E-state index contributed by atoms with van der Waals surface area (Å²) < 4.78 is 13.0. The lowest BCUT2D eigenvalue weighted by Crippen LogP contribution is -2.46. The Balaban J connectivity index is 1.00. The second-order valence-corrected chi connectivity index (χ2v) is 12.8. The van der Waals surface area contributed by atoms with Crippen LogP contribution in [0.2, 0.25) is 0 Å². The van der Waals surface area contributed by atoms with Gasteiger partial charge in [0.2, 0.25) is 0 Å². The van der Waals surface area contributed by atoms with Crippen LogP contribution in [-0.4, -0.2) is 55.8 Å². The Morgan fingerprint density at radius 2 is 1.51 bits per heavy atom. The lowest BCUT2D eigenvalue weighted by molar-refractivity contribution is 0.0325. The smallest absolute Gasteiger partial charge is 0.408 e. The molecular weight excluding hydrogens is 580 g/mol. The summed E-state index contributed by atoms with van der Waals surface area (Å²) in [5.74, 6) is 0.787. The number of unbranched alkanes of at least 4 members (excludes halogenated alkanes) is 1. The Bertz CT molecular complexity index is 1700. The molecule has 2 heterocycles. The van der Waals surface area contributed by atoms with Crippen LogP contribution in [0, 0.1) is 0 Å². The maximum absolute atomic E-state index is 13.4. The van der Waals surface area contributed by atoms with Crippen LogP contribution in [0.4, 0.5) is 9.93 Å². The fraction of sp³-hybridized carbons (Fsp3) is 0.297. The molecule has 7 rings (SSSR count). The number of amides is 1. The van der Waals surface area contributed by atoms with Crippen LogP contribution in [0.3, 0.4) is 0 Å². The van der Waals surface area contributed by atoms with Crippen LogP contribution in [0.5, 0.6) is 5.75 Å². The highest BCUT2D eigenvalue weighted by Crippen LogP contribution is 2.52. The maximum atomic E-state index is 13.4. The minimum absolute atomic E-state index is 0.380. The third-order valence-corrected chi connectivity index (χ3v) is 10.2. The topological polar surface area (TPSA) is 66.9 Å². The summed E-state index contributed by atoms with van der Waals surface area (Å²) in [6.45, 7) is 5.43. The molecule has 1 aliphatic carbocycles. The molecule has 1 fully saturated rings. The van der Waals surface area contributed by atoms with E-state index in [1.54, 1.807) is 18.4 Å². The Kier molecular flexibility index (Phi) is 8.41. The highest BCUT2D eigenvalue weighted by atomic mass is 32.1. The van der Waals surface area contributed by atoms with Gasteiger partial charge in [-0.2, -0.15) is 0 Å². The van der Waals surface area contributed by atoms with Crippen molar-refractivity contribution in [2.75, 3.05) is 44.7 Å². The number of ether oxygens (including phenoxy) is 2. The summed E-state index contributed by atoms with van der Waals surface area (Å²) in [4.78, 5) is 23.3. The Labute approximate surface area is 268 Å². The van der Waals surface area contributed by atoms with Crippen LogP contribution >= 0.6 is 11.3 Å². The quantitative estimate of drug-likeness (QED) is 0.164. The lowest BCUT2D eigenvalue weighted by Gasteiger charge is -2.35. The van der Waals surface area contributed by atoms with Gasteiger partial charge in [0.05, 0.1) is 17.3 Å². The number of aromatic nitrogens is 1. The van der Waals surface area contributed by atoms with Crippen molar-refractivity contribution in [2.45, 2.75) is 31.4 Å². The van der Waals surface area contributed by atoms with Crippen LogP contribution in [0.1, 0.15) is 36.0 Å². The van der Waals surface area contributed by atoms with Crippen LogP contribution in [0.15, 0.2) is 97.1 Å². The Hall–Kier alpha value is -4.40. The average molecular weight is 619 g/mol. The monoisotopic (exact) mass is 618 g/mol. The molecule has 0 saturated carbocycles. The van der Waals surface area contributed by atoms with Crippen molar-refractivity contribution in [1.29, 1.82) is 0 Å². The number of hydrogen-bond donors (Lipinski definition) is 1. The van der Waals surface area contributed by atoms with Crippen molar-refractivity contribution in [3.8, 4) is 16.9 Å². The van der Waals surface area contributed by atoms with Crippen molar-refractivity contribution in [3.63, 3.8) is 0 Å². The summed E-state index contributed by atoms with van der Waals surface area (Å²) in [7, 11) is 1.65. The second kappa shape index (κ2) is 12.9. The first-order chi connectivity index (χ1) is 22.1. The maximum Gasteiger partial charge on any atom is 0.408 e. The van der Waals surface area contributed by atoms with Crippen molar-refractivity contribution in [1.82, 2.24) is 15.2 Å². The molecule has 45 heavy (non-hydrogen) atoms. The van der Waals surface area contributed by atoms with Gasteiger partial charge in [0, 0.05) is 43.9 Å². The molecule has 0 radical (unpaired) electrons. The van der Waals surface area contributed by atoms with E-state index >= 15 is 0 Å². The van der Waals surface area contributed by atoms with Gasteiger partial charge in [0.15, 0.2) is 10.7 Å². The van der Waals surface area contributed by atoms with E-state index in [-0.39, 0.29) is 0 Å². The highest BCUT2D eigenvalue weighted by Gasteiger charge is 2.46. The molecule has 2 aliphatic rings. The molecule has 0 unspecified atom stereocenters. The number of carbonyl (C=O) groups is 1. The summed E-state index contributed by atoms with van der Waals surface area (Å²) in [5.41, 5.74) is 5.65. The molecule has 1 saturated heterocycles. The zero-order chi connectivity index (χ0) is 30.6. The van der Waals surface area contributed by atoms with E-state index < -0.39 is 11.7 Å². The molecule has 4 aromatic carbocycles. The minimum atomic E-state index is -0.831. The summed E-state index contributed by atoms with van der Waals surface area (Å²) in [6.07, 6.45) is 2.28. The van der Waals surface area contributed by atoms with E-state index in [2.05, 4.69) is 75.8 Å². The fourth-order valence-corrected chi connectivity index (χ4v) is 7.71. The SMILES string of the molecule is COc1ccc(CNC(=O)OC2(CCCCN3CCN(c4nc5ccccc5s4)CC3)c3ccccc3-c3ccccc32)cc1. The van der Waals surface area contributed by atoms with Gasteiger partial charge in [-0.1, -0.05) is 84.1 Å². The van der Waals surface area contributed by atoms with Crippen LogP contribution in [-0.2, 0) is 16.9 Å². The van der Waals surface area contributed by atoms with Gasteiger partial charge in [0.25, 0.3) is 0 Å². The molecule has 1 aromatic heterocycles. The number of rotatable bonds is 10. The van der Waals surface area contributed by atoms with Gasteiger partial charge < -0.3 is 19.7 Å². The van der Waals surface area contributed by atoms with E-state index in [4.69, 9.17) is 14.5 Å².